The largest absolute Gasteiger partial charge is 0.496 e. The van der Waals surface area contributed by atoms with Crippen molar-refractivity contribution in [2.45, 2.75) is 6.42 Å². The first-order valence-electron chi connectivity index (χ1n) is 8.78. The van der Waals surface area contributed by atoms with Crippen LogP contribution >= 0.6 is 15.9 Å². The number of ether oxygens (including phenoxy) is 1. The second kappa shape index (κ2) is 9.49. The second-order valence-electron chi connectivity index (χ2n) is 6.21. The molecule has 0 aliphatic rings. The molecule has 156 valence electrons. The van der Waals surface area contributed by atoms with Crippen LogP contribution in [0.4, 0.5) is 14.6 Å². The third kappa shape index (κ3) is 4.82. The van der Waals surface area contributed by atoms with Gasteiger partial charge in [-0.25, -0.2) is 18.7 Å². The molecule has 3 aromatic rings. The summed E-state index contributed by atoms with van der Waals surface area (Å²) in [5.74, 6) is -0.375. The first kappa shape index (κ1) is 21.4. The first-order valence-corrected chi connectivity index (χ1v) is 9.58. The van der Waals surface area contributed by atoms with Gasteiger partial charge in [0.25, 0.3) is 0 Å². The van der Waals surface area contributed by atoms with Crippen LogP contribution in [0.2, 0.25) is 0 Å². The van der Waals surface area contributed by atoms with Crippen LogP contribution < -0.4 is 15.8 Å². The lowest BCUT2D eigenvalue weighted by Gasteiger charge is -2.11. The van der Waals surface area contributed by atoms with Gasteiger partial charge in [-0.1, -0.05) is 27.2 Å². The third-order valence-corrected chi connectivity index (χ3v) is 4.79. The number of oxime groups is 1. The van der Waals surface area contributed by atoms with E-state index in [0.29, 0.717) is 27.3 Å². The summed E-state index contributed by atoms with van der Waals surface area (Å²) in [6.07, 6.45) is 1.52. The van der Waals surface area contributed by atoms with Crippen LogP contribution in [-0.4, -0.2) is 34.7 Å². The van der Waals surface area contributed by atoms with Crippen LogP contribution in [0.25, 0.3) is 11.3 Å². The molecule has 0 saturated carbocycles. The zero-order chi connectivity index (χ0) is 21.7. The van der Waals surface area contributed by atoms with Crippen LogP contribution in [0.15, 0.2) is 52.4 Å². The Morgan fingerprint density at radius 2 is 1.93 bits per heavy atom. The van der Waals surface area contributed by atoms with Gasteiger partial charge in [0.1, 0.15) is 29.5 Å². The topological polar surface area (TPSA) is 106 Å². The predicted molar refractivity (Wildman–Crippen MR) is 113 cm³/mol. The number of nitrogens with two attached hydrogens (primary N) is 1. The number of amidine groups is 1. The minimum absolute atomic E-state index is 0.00319. The van der Waals surface area contributed by atoms with Gasteiger partial charge in [-0.05, 0) is 30.7 Å². The molecule has 2 aromatic carbocycles. The molecule has 0 bridgehead atoms. The number of aromatic nitrogens is 2. The monoisotopic (exact) mass is 477 g/mol. The zero-order valence-corrected chi connectivity index (χ0v) is 17.5. The maximum Gasteiger partial charge on any atom is 0.173 e. The van der Waals surface area contributed by atoms with Crippen molar-refractivity contribution in [1.29, 1.82) is 0 Å². The van der Waals surface area contributed by atoms with Gasteiger partial charge in [-0.15, -0.1) is 0 Å². The van der Waals surface area contributed by atoms with Gasteiger partial charge >= 0.3 is 0 Å². The van der Waals surface area contributed by atoms with Crippen molar-refractivity contribution >= 4 is 27.6 Å². The highest BCUT2D eigenvalue weighted by Gasteiger charge is 2.12. The molecule has 30 heavy (non-hydrogen) atoms. The van der Waals surface area contributed by atoms with E-state index in [9.17, 15) is 8.78 Å². The highest BCUT2D eigenvalue weighted by Crippen LogP contribution is 2.27. The van der Waals surface area contributed by atoms with Gasteiger partial charge in [-0.2, -0.15) is 0 Å². The highest BCUT2D eigenvalue weighted by molar-refractivity contribution is 9.10. The van der Waals surface area contributed by atoms with E-state index in [1.165, 1.54) is 25.6 Å². The summed E-state index contributed by atoms with van der Waals surface area (Å²) < 4.78 is 33.5. The van der Waals surface area contributed by atoms with Crippen molar-refractivity contribution < 1.29 is 18.7 Å². The van der Waals surface area contributed by atoms with E-state index in [1.807, 2.05) is 0 Å². The molecule has 0 amide bonds. The van der Waals surface area contributed by atoms with E-state index in [4.69, 9.17) is 15.7 Å². The van der Waals surface area contributed by atoms with Crippen molar-refractivity contribution in [2.75, 3.05) is 19.0 Å². The maximum atomic E-state index is 13.9. The average Bonchev–Trinajstić information content (AvgIpc) is 2.74. The molecule has 4 N–H and O–H groups in total. The molecule has 1 heterocycles. The van der Waals surface area contributed by atoms with E-state index in [0.717, 1.165) is 5.56 Å². The summed E-state index contributed by atoms with van der Waals surface area (Å²) in [6, 6.07) is 9.25. The fourth-order valence-electron chi connectivity index (χ4n) is 2.85. The lowest BCUT2D eigenvalue weighted by molar-refractivity contribution is 0.318. The van der Waals surface area contributed by atoms with E-state index in [-0.39, 0.29) is 24.4 Å². The molecule has 10 heteroatoms. The summed E-state index contributed by atoms with van der Waals surface area (Å²) in [6.45, 7) is 0.275. The molecular weight excluding hydrogens is 460 g/mol. The minimum Gasteiger partial charge on any atom is -0.496 e. The summed E-state index contributed by atoms with van der Waals surface area (Å²) in [7, 11) is 1.47. The molecule has 0 spiro atoms. The first-order chi connectivity index (χ1) is 14.4. The standard InChI is InChI=1S/C20H18BrF2N5O2/c1-30-18-6-11(2-3-14(18)20(24)28-29)17-9-19(27-10-26-17)25-5-4-13-15(22)7-12(21)8-16(13)23/h2-3,6-10,29H,4-5H2,1H3,(H2,24,28)(H,25,26,27). The number of nitrogens with zero attached hydrogens (tertiary/aromatic N) is 3. The number of methoxy groups -OCH3 is 1. The lowest BCUT2D eigenvalue weighted by atomic mass is 10.1. The molecule has 0 aliphatic carbocycles. The Labute approximate surface area is 179 Å². The average molecular weight is 478 g/mol. The van der Waals surface area contributed by atoms with Gasteiger partial charge < -0.3 is 21.0 Å². The summed E-state index contributed by atoms with van der Waals surface area (Å²) in [4.78, 5) is 8.38. The Morgan fingerprint density at radius 1 is 1.20 bits per heavy atom. The normalized spacial score (nSPS) is 11.4. The van der Waals surface area contributed by atoms with Gasteiger partial charge in [0.2, 0.25) is 0 Å². The number of hydrogen-bond acceptors (Lipinski definition) is 6. The van der Waals surface area contributed by atoms with Gasteiger partial charge in [-0.3, -0.25) is 0 Å². The van der Waals surface area contributed by atoms with Crippen molar-refractivity contribution in [2.24, 2.45) is 10.9 Å². The number of rotatable bonds is 7. The van der Waals surface area contributed by atoms with E-state index < -0.39 is 11.6 Å². The molecule has 0 aliphatic heterocycles. The number of hydrogen-bond donors (Lipinski definition) is 3. The van der Waals surface area contributed by atoms with Crippen LogP contribution in [0.1, 0.15) is 11.1 Å². The van der Waals surface area contributed by atoms with Gasteiger partial charge in [0, 0.05) is 28.2 Å². The van der Waals surface area contributed by atoms with Crippen LogP contribution in [0, 0.1) is 11.6 Å². The zero-order valence-electron chi connectivity index (χ0n) is 15.9. The maximum absolute atomic E-state index is 13.9. The fraction of sp³-hybridized carbons (Fsp3) is 0.150. The minimum atomic E-state index is -0.607. The van der Waals surface area contributed by atoms with E-state index in [1.54, 1.807) is 24.3 Å². The highest BCUT2D eigenvalue weighted by atomic mass is 79.9. The molecular formula is C20H18BrF2N5O2. The predicted octanol–water partition coefficient (Wildman–Crippen LogP) is 3.94. The number of anilines is 1. The Morgan fingerprint density at radius 3 is 2.60 bits per heavy atom. The molecule has 0 unspecified atom stereocenters. The second-order valence-corrected chi connectivity index (χ2v) is 7.13. The smallest absolute Gasteiger partial charge is 0.173 e. The van der Waals surface area contributed by atoms with E-state index >= 15 is 0 Å². The van der Waals surface area contributed by atoms with Crippen molar-refractivity contribution in [3.63, 3.8) is 0 Å². The quantitative estimate of drug-likeness (QED) is 0.206. The summed E-state index contributed by atoms with van der Waals surface area (Å²) in [5.41, 5.74) is 7.40. The van der Waals surface area contributed by atoms with Crippen molar-refractivity contribution in [3.05, 3.63) is 70.0 Å². The molecule has 7 nitrogen and oxygen atoms in total. The summed E-state index contributed by atoms with van der Waals surface area (Å²) >= 11 is 3.06. The van der Waals surface area contributed by atoms with Gasteiger partial charge in [0.05, 0.1) is 18.4 Å². The Kier molecular flexibility index (Phi) is 6.78. The molecule has 0 fully saturated rings. The molecule has 0 radical (unpaired) electrons. The number of nitrogens with one attached hydrogen (secondary N) is 1. The van der Waals surface area contributed by atoms with E-state index in [2.05, 4.69) is 36.4 Å². The van der Waals surface area contributed by atoms with Crippen LogP contribution in [0.3, 0.4) is 0 Å². The Bertz CT molecular complexity index is 1070. The summed E-state index contributed by atoms with van der Waals surface area (Å²) in [5, 5.41) is 14.9. The Hall–Kier alpha value is -3.27. The Balaban J connectivity index is 1.75. The van der Waals surface area contributed by atoms with Gasteiger partial charge in [0.15, 0.2) is 5.84 Å². The number of halogens is 3. The van der Waals surface area contributed by atoms with Crippen molar-refractivity contribution in [1.82, 2.24) is 9.97 Å². The lowest BCUT2D eigenvalue weighted by Crippen LogP contribution is -2.14. The molecule has 0 saturated heterocycles. The number of benzene rings is 2. The van der Waals surface area contributed by atoms with Crippen LogP contribution in [0.5, 0.6) is 5.75 Å². The molecule has 3 rings (SSSR count). The SMILES string of the molecule is COc1cc(-c2cc(NCCc3c(F)cc(Br)cc3F)ncn2)ccc1/C(N)=N/O. The fourth-order valence-corrected chi connectivity index (χ4v) is 3.26. The molecule has 1 aromatic heterocycles. The molecule has 0 atom stereocenters. The van der Waals surface area contributed by atoms with Crippen LogP contribution in [-0.2, 0) is 6.42 Å². The third-order valence-electron chi connectivity index (χ3n) is 4.33. The van der Waals surface area contributed by atoms with Crippen molar-refractivity contribution in [3.8, 4) is 17.0 Å².